The van der Waals surface area contributed by atoms with Gasteiger partial charge in [-0.15, -0.1) is 0 Å². The minimum Gasteiger partial charge on any atom is -0.332 e. The Labute approximate surface area is 123 Å². The van der Waals surface area contributed by atoms with Crippen molar-refractivity contribution < 1.29 is 0 Å². The largest absolute Gasteiger partial charge is 0.332 e. The van der Waals surface area contributed by atoms with Gasteiger partial charge in [-0.05, 0) is 55.4 Å². The first-order chi connectivity index (χ1) is 9.04. The van der Waals surface area contributed by atoms with Crippen molar-refractivity contribution in [2.24, 2.45) is 0 Å². The van der Waals surface area contributed by atoms with Crippen molar-refractivity contribution in [1.82, 2.24) is 4.98 Å². The third-order valence-corrected chi connectivity index (χ3v) is 3.04. The Kier molecular flexibility index (Phi) is 4.35. The maximum Gasteiger partial charge on any atom is 0.176 e. The van der Waals surface area contributed by atoms with E-state index >= 15 is 0 Å². The lowest BCUT2D eigenvalue weighted by Gasteiger charge is -2.12. The predicted molar refractivity (Wildman–Crippen MR) is 85.0 cm³/mol. The molecule has 2 aromatic rings. The number of halogens is 1. The van der Waals surface area contributed by atoms with Gasteiger partial charge in [-0.1, -0.05) is 23.7 Å². The Balaban J connectivity index is 2.05. The van der Waals surface area contributed by atoms with Gasteiger partial charge >= 0.3 is 0 Å². The fourth-order valence-electron chi connectivity index (χ4n) is 1.54. The van der Waals surface area contributed by atoms with E-state index in [9.17, 15) is 0 Å². The Morgan fingerprint density at radius 3 is 2.63 bits per heavy atom. The molecule has 0 spiro atoms. The van der Waals surface area contributed by atoms with E-state index in [0.717, 1.165) is 16.8 Å². The van der Waals surface area contributed by atoms with E-state index < -0.39 is 0 Å². The number of benzene rings is 1. The van der Waals surface area contributed by atoms with Crippen LogP contribution in [0.4, 0.5) is 11.5 Å². The zero-order valence-corrected chi connectivity index (χ0v) is 12.3. The number of hydrogen-bond donors (Lipinski definition) is 2. The summed E-state index contributed by atoms with van der Waals surface area (Å²) in [6.45, 7) is 3.98. The molecule has 0 saturated heterocycles. The first-order valence-electron chi connectivity index (χ1n) is 5.81. The van der Waals surface area contributed by atoms with Gasteiger partial charge in [0.05, 0.1) is 0 Å². The highest BCUT2D eigenvalue weighted by molar-refractivity contribution is 7.80. The average Bonchev–Trinajstić information content (AvgIpc) is 2.37. The Morgan fingerprint density at radius 2 is 1.95 bits per heavy atom. The predicted octanol–water partition coefficient (Wildman–Crippen LogP) is 4.16. The van der Waals surface area contributed by atoms with Crippen molar-refractivity contribution in [2.75, 3.05) is 10.6 Å². The molecule has 5 heteroatoms. The first-order valence-corrected chi connectivity index (χ1v) is 6.60. The number of nitrogens with zero attached hydrogens (tertiary/aromatic N) is 1. The number of nitrogens with one attached hydrogen (secondary N) is 2. The van der Waals surface area contributed by atoms with Crippen LogP contribution in [0.5, 0.6) is 0 Å². The zero-order chi connectivity index (χ0) is 13.8. The van der Waals surface area contributed by atoms with Gasteiger partial charge in [-0.25, -0.2) is 4.98 Å². The van der Waals surface area contributed by atoms with Gasteiger partial charge in [0.25, 0.3) is 0 Å². The number of pyridine rings is 1. The van der Waals surface area contributed by atoms with Crippen LogP contribution in [0.2, 0.25) is 5.02 Å². The number of hydrogen-bond acceptors (Lipinski definition) is 2. The second-order valence-electron chi connectivity index (χ2n) is 4.26. The molecule has 0 radical (unpaired) electrons. The number of aryl methyl sites for hydroxylation is 2. The molecule has 0 aliphatic rings. The van der Waals surface area contributed by atoms with Crippen molar-refractivity contribution in [3.05, 3.63) is 52.7 Å². The summed E-state index contributed by atoms with van der Waals surface area (Å²) in [4.78, 5) is 4.24. The molecule has 0 aliphatic heterocycles. The van der Waals surface area contributed by atoms with E-state index in [1.165, 1.54) is 0 Å². The summed E-state index contributed by atoms with van der Waals surface area (Å²) in [7, 11) is 0. The molecule has 0 amide bonds. The maximum atomic E-state index is 5.96. The van der Waals surface area contributed by atoms with Crippen LogP contribution < -0.4 is 10.6 Å². The van der Waals surface area contributed by atoms with E-state index in [1.54, 1.807) is 6.20 Å². The van der Waals surface area contributed by atoms with Crippen LogP contribution in [0.25, 0.3) is 0 Å². The number of rotatable bonds is 2. The molecule has 1 aromatic carbocycles. The summed E-state index contributed by atoms with van der Waals surface area (Å²) in [6, 6.07) is 9.49. The van der Waals surface area contributed by atoms with Gasteiger partial charge in [0.15, 0.2) is 5.11 Å². The molecule has 3 nitrogen and oxygen atoms in total. The fraction of sp³-hybridized carbons (Fsp3) is 0.143. The van der Waals surface area contributed by atoms with Gasteiger partial charge in [0, 0.05) is 16.9 Å². The summed E-state index contributed by atoms with van der Waals surface area (Å²) in [5.41, 5.74) is 3.07. The molecule has 0 saturated carbocycles. The quantitative estimate of drug-likeness (QED) is 0.815. The molecule has 0 aliphatic carbocycles. The lowest BCUT2D eigenvalue weighted by atomic mass is 10.2. The third kappa shape index (κ3) is 3.91. The Hall–Kier alpha value is -1.65. The van der Waals surface area contributed by atoms with E-state index in [0.29, 0.717) is 16.0 Å². The minimum atomic E-state index is 0.488. The molecule has 0 atom stereocenters. The van der Waals surface area contributed by atoms with Crippen molar-refractivity contribution in [2.45, 2.75) is 13.8 Å². The summed E-state index contributed by atoms with van der Waals surface area (Å²) < 4.78 is 0. The molecule has 0 unspecified atom stereocenters. The van der Waals surface area contributed by atoms with Crippen molar-refractivity contribution in [1.29, 1.82) is 0 Å². The topological polar surface area (TPSA) is 37.0 Å². The second-order valence-corrected chi connectivity index (χ2v) is 5.10. The normalized spacial score (nSPS) is 10.1. The number of thiocarbonyl (C=S) groups is 1. The summed E-state index contributed by atoms with van der Waals surface area (Å²) >= 11 is 11.2. The van der Waals surface area contributed by atoms with E-state index in [-0.39, 0.29) is 0 Å². The summed E-state index contributed by atoms with van der Waals surface area (Å²) in [5.74, 6) is 0.711. The van der Waals surface area contributed by atoms with Gasteiger partial charge in [0.1, 0.15) is 5.82 Å². The highest BCUT2D eigenvalue weighted by atomic mass is 35.5. The SMILES string of the molecule is Cc1ccc(NC(=S)Nc2cc(Cl)ccc2C)nc1. The first kappa shape index (κ1) is 13.8. The van der Waals surface area contributed by atoms with E-state index in [2.05, 4.69) is 15.6 Å². The van der Waals surface area contributed by atoms with Gasteiger partial charge in [-0.2, -0.15) is 0 Å². The van der Waals surface area contributed by atoms with Crippen LogP contribution in [-0.2, 0) is 0 Å². The minimum absolute atomic E-state index is 0.488. The van der Waals surface area contributed by atoms with Crippen LogP contribution in [0.1, 0.15) is 11.1 Å². The summed E-state index contributed by atoms with van der Waals surface area (Å²) in [5, 5.41) is 7.30. The van der Waals surface area contributed by atoms with Crippen LogP contribution >= 0.6 is 23.8 Å². The Bertz CT molecular complexity index is 596. The molecular weight excluding hydrogens is 278 g/mol. The zero-order valence-electron chi connectivity index (χ0n) is 10.7. The van der Waals surface area contributed by atoms with Gasteiger partial charge in [-0.3, -0.25) is 0 Å². The van der Waals surface area contributed by atoms with Crippen LogP contribution in [-0.4, -0.2) is 10.1 Å². The lowest BCUT2D eigenvalue weighted by molar-refractivity contribution is 1.27. The van der Waals surface area contributed by atoms with Crippen LogP contribution in [0.15, 0.2) is 36.5 Å². The highest BCUT2D eigenvalue weighted by Crippen LogP contribution is 2.20. The van der Waals surface area contributed by atoms with Crippen molar-refractivity contribution in [3.63, 3.8) is 0 Å². The van der Waals surface area contributed by atoms with Crippen molar-refractivity contribution >= 4 is 40.4 Å². The standard InChI is InChI=1S/C14H14ClN3S/c1-9-3-6-13(16-8-9)18-14(19)17-12-7-11(15)5-4-10(12)2/h3-8H,1-2H3,(H2,16,17,18,19). The lowest BCUT2D eigenvalue weighted by Crippen LogP contribution is -2.20. The molecule has 1 heterocycles. The molecule has 0 bridgehead atoms. The van der Waals surface area contributed by atoms with E-state index in [1.807, 2.05) is 44.2 Å². The smallest absolute Gasteiger partial charge is 0.176 e. The molecular formula is C14H14ClN3S. The van der Waals surface area contributed by atoms with Crippen LogP contribution in [0.3, 0.4) is 0 Å². The van der Waals surface area contributed by atoms with Crippen molar-refractivity contribution in [3.8, 4) is 0 Å². The third-order valence-electron chi connectivity index (χ3n) is 2.60. The number of aromatic nitrogens is 1. The maximum absolute atomic E-state index is 5.96. The molecule has 19 heavy (non-hydrogen) atoms. The molecule has 98 valence electrons. The fourth-order valence-corrected chi connectivity index (χ4v) is 1.93. The highest BCUT2D eigenvalue weighted by Gasteiger charge is 2.03. The molecule has 0 fully saturated rings. The monoisotopic (exact) mass is 291 g/mol. The Morgan fingerprint density at radius 1 is 1.16 bits per heavy atom. The average molecular weight is 292 g/mol. The van der Waals surface area contributed by atoms with Gasteiger partial charge in [0.2, 0.25) is 0 Å². The molecule has 2 N–H and O–H groups in total. The second kappa shape index (κ2) is 5.99. The number of anilines is 2. The molecule has 1 aromatic heterocycles. The molecule has 2 rings (SSSR count). The van der Waals surface area contributed by atoms with Gasteiger partial charge < -0.3 is 10.6 Å². The van der Waals surface area contributed by atoms with Crippen LogP contribution in [0, 0.1) is 13.8 Å². The van der Waals surface area contributed by atoms with E-state index in [4.69, 9.17) is 23.8 Å². The summed E-state index contributed by atoms with van der Waals surface area (Å²) in [6.07, 6.45) is 1.79.